The van der Waals surface area contributed by atoms with Crippen LogP contribution in [0.5, 0.6) is 5.75 Å². The van der Waals surface area contributed by atoms with Gasteiger partial charge in [0.05, 0.1) is 25.2 Å². The maximum atomic E-state index is 12.8. The van der Waals surface area contributed by atoms with Crippen LogP contribution in [-0.4, -0.2) is 74.1 Å². The van der Waals surface area contributed by atoms with Gasteiger partial charge in [-0.15, -0.1) is 0 Å². The Kier molecular flexibility index (Phi) is 7.14. The Morgan fingerprint density at radius 2 is 1.88 bits per heavy atom. The van der Waals surface area contributed by atoms with Crippen molar-refractivity contribution in [1.29, 1.82) is 0 Å². The number of benzene rings is 1. The van der Waals surface area contributed by atoms with Crippen molar-refractivity contribution in [3.63, 3.8) is 0 Å². The second kappa shape index (κ2) is 10.9. The maximum absolute atomic E-state index is 12.8. The van der Waals surface area contributed by atoms with E-state index in [2.05, 4.69) is 19.9 Å². The van der Waals surface area contributed by atoms with Crippen molar-refractivity contribution in [1.82, 2.24) is 24.5 Å². The molecule has 216 valence electrons. The van der Waals surface area contributed by atoms with Crippen LogP contribution >= 0.6 is 0 Å². The number of fused-ring (bicyclic) bond motifs is 2. The quantitative estimate of drug-likeness (QED) is 0.187. The minimum atomic E-state index is -0.828. The van der Waals surface area contributed by atoms with E-state index in [1.807, 2.05) is 13.8 Å². The van der Waals surface area contributed by atoms with Gasteiger partial charge in [-0.25, -0.2) is 19.7 Å². The van der Waals surface area contributed by atoms with Crippen molar-refractivity contribution in [2.24, 2.45) is 0 Å². The Morgan fingerprint density at radius 1 is 1.10 bits per heavy atom. The predicted molar refractivity (Wildman–Crippen MR) is 148 cm³/mol. The number of anilines is 1. The first-order valence-corrected chi connectivity index (χ1v) is 13.2. The smallest absolute Gasteiger partial charge is 0.338 e. The van der Waals surface area contributed by atoms with Gasteiger partial charge in [-0.3, -0.25) is 14.3 Å². The number of nitrogens with two attached hydrogens (primary N) is 1. The number of nitrogen functional groups attached to an aromatic ring is 1. The van der Waals surface area contributed by atoms with Gasteiger partial charge in [0.2, 0.25) is 0 Å². The fourth-order valence-corrected chi connectivity index (χ4v) is 5.11. The number of pyridine rings is 1. The maximum Gasteiger partial charge on any atom is 0.338 e. The van der Waals surface area contributed by atoms with Gasteiger partial charge in [0.25, 0.3) is 0 Å². The molecule has 0 unspecified atom stereocenters. The average molecular weight is 573 g/mol. The van der Waals surface area contributed by atoms with Crippen LogP contribution in [0.4, 0.5) is 5.82 Å². The SMILES string of the molecule is COC(=O)c1ccccc1C(=O)/C=C/c1cncc(OC[C@H]2O[C@@H](n3cnc4c(N)ncnc43)[C@@H]3OC(C)(C)O[C@@H]32)c1. The van der Waals surface area contributed by atoms with E-state index in [0.717, 1.165) is 0 Å². The van der Waals surface area contributed by atoms with Crippen molar-refractivity contribution in [3.05, 3.63) is 78.1 Å². The monoisotopic (exact) mass is 572 g/mol. The van der Waals surface area contributed by atoms with Crippen LogP contribution in [0.15, 0.2) is 61.5 Å². The number of hydrogen-bond acceptors (Lipinski definition) is 12. The van der Waals surface area contributed by atoms with Gasteiger partial charge < -0.3 is 29.4 Å². The van der Waals surface area contributed by atoms with Crippen LogP contribution < -0.4 is 10.5 Å². The molecule has 13 nitrogen and oxygen atoms in total. The molecular weight excluding hydrogens is 544 g/mol. The number of aromatic nitrogens is 5. The zero-order valence-corrected chi connectivity index (χ0v) is 23.0. The second-order valence-electron chi connectivity index (χ2n) is 10.2. The molecule has 0 saturated carbocycles. The molecule has 0 aliphatic carbocycles. The lowest BCUT2D eigenvalue weighted by atomic mass is 10.0. The molecule has 4 aromatic rings. The Hall–Kier alpha value is -4.72. The highest BCUT2D eigenvalue weighted by atomic mass is 16.8. The molecule has 42 heavy (non-hydrogen) atoms. The summed E-state index contributed by atoms with van der Waals surface area (Å²) < 4.78 is 31.4. The minimum absolute atomic E-state index is 0.140. The van der Waals surface area contributed by atoms with Crippen molar-refractivity contribution >= 4 is 34.8 Å². The molecule has 0 bridgehead atoms. The van der Waals surface area contributed by atoms with Gasteiger partial charge in [0.1, 0.15) is 42.5 Å². The molecule has 0 radical (unpaired) electrons. The third kappa shape index (κ3) is 5.20. The van der Waals surface area contributed by atoms with Crippen LogP contribution in [0, 0.1) is 0 Å². The summed E-state index contributed by atoms with van der Waals surface area (Å²) in [7, 11) is 1.27. The molecule has 3 aromatic heterocycles. The Bertz CT molecular complexity index is 1690. The zero-order valence-electron chi connectivity index (χ0n) is 23.0. The van der Waals surface area contributed by atoms with Gasteiger partial charge in [-0.1, -0.05) is 18.2 Å². The number of allylic oxidation sites excluding steroid dienone is 1. The fraction of sp³-hybridized carbons (Fsp3) is 0.310. The van der Waals surface area contributed by atoms with E-state index in [0.29, 0.717) is 22.5 Å². The summed E-state index contributed by atoms with van der Waals surface area (Å²) in [6, 6.07) is 8.21. The Morgan fingerprint density at radius 3 is 2.69 bits per heavy atom. The van der Waals surface area contributed by atoms with Crippen molar-refractivity contribution in [2.75, 3.05) is 19.5 Å². The number of methoxy groups -OCH3 is 1. The molecule has 2 aliphatic heterocycles. The van der Waals surface area contributed by atoms with Crippen LogP contribution in [-0.2, 0) is 18.9 Å². The van der Waals surface area contributed by atoms with Gasteiger partial charge in [0.15, 0.2) is 29.3 Å². The Balaban J connectivity index is 1.17. The molecular formula is C29H28N6O7. The van der Waals surface area contributed by atoms with E-state index in [-0.39, 0.29) is 29.3 Å². The molecule has 2 aliphatic rings. The largest absolute Gasteiger partial charge is 0.489 e. The summed E-state index contributed by atoms with van der Waals surface area (Å²) in [6.45, 7) is 3.83. The summed E-state index contributed by atoms with van der Waals surface area (Å²) in [5.74, 6) is -1.02. The molecule has 0 amide bonds. The highest BCUT2D eigenvalue weighted by molar-refractivity contribution is 6.12. The van der Waals surface area contributed by atoms with Crippen LogP contribution in [0.2, 0.25) is 0 Å². The number of hydrogen-bond donors (Lipinski definition) is 1. The van der Waals surface area contributed by atoms with Gasteiger partial charge in [0, 0.05) is 11.8 Å². The number of nitrogens with zero attached hydrogens (tertiary/aromatic N) is 5. The van der Waals surface area contributed by atoms with Crippen LogP contribution in [0.3, 0.4) is 0 Å². The first kappa shape index (κ1) is 27.4. The third-order valence-electron chi connectivity index (χ3n) is 6.96. The van der Waals surface area contributed by atoms with E-state index in [1.165, 1.54) is 19.5 Å². The van der Waals surface area contributed by atoms with E-state index in [9.17, 15) is 9.59 Å². The van der Waals surface area contributed by atoms with E-state index >= 15 is 0 Å². The summed E-state index contributed by atoms with van der Waals surface area (Å²) in [5.41, 5.74) is 8.03. The number of carbonyl (C=O) groups is 2. The van der Waals surface area contributed by atoms with Crippen LogP contribution in [0.25, 0.3) is 17.2 Å². The number of ether oxygens (including phenoxy) is 5. The van der Waals surface area contributed by atoms with Crippen molar-refractivity contribution in [2.45, 2.75) is 44.2 Å². The highest BCUT2D eigenvalue weighted by Crippen LogP contribution is 2.44. The normalized spacial score (nSPS) is 22.8. The minimum Gasteiger partial charge on any atom is -0.489 e. The molecule has 0 spiro atoms. The van der Waals surface area contributed by atoms with E-state index in [1.54, 1.807) is 59.7 Å². The molecule has 1 aromatic carbocycles. The summed E-state index contributed by atoms with van der Waals surface area (Å²) in [6.07, 6.45) is 7.14. The lowest BCUT2D eigenvalue weighted by Crippen LogP contribution is -2.33. The average Bonchev–Trinajstić information content (AvgIpc) is 3.66. The van der Waals surface area contributed by atoms with Crippen molar-refractivity contribution in [3.8, 4) is 5.75 Å². The topological polar surface area (TPSA) is 163 Å². The Labute approximate surface area is 240 Å². The van der Waals surface area contributed by atoms with Gasteiger partial charge in [-0.2, -0.15) is 0 Å². The second-order valence-corrected chi connectivity index (χ2v) is 10.2. The molecule has 2 fully saturated rings. The lowest BCUT2D eigenvalue weighted by Gasteiger charge is -2.24. The number of esters is 1. The molecule has 2 saturated heterocycles. The van der Waals surface area contributed by atoms with Crippen molar-refractivity contribution < 1.29 is 33.3 Å². The zero-order chi connectivity index (χ0) is 29.4. The van der Waals surface area contributed by atoms with Gasteiger partial charge >= 0.3 is 5.97 Å². The van der Waals surface area contributed by atoms with Gasteiger partial charge in [-0.05, 0) is 43.7 Å². The molecule has 5 heterocycles. The molecule has 2 N–H and O–H groups in total. The molecule has 6 rings (SSSR count). The molecule has 13 heteroatoms. The highest BCUT2D eigenvalue weighted by Gasteiger charge is 2.56. The van der Waals surface area contributed by atoms with E-state index < -0.39 is 36.3 Å². The predicted octanol–water partition coefficient (Wildman–Crippen LogP) is 2.98. The number of ketones is 1. The lowest BCUT2D eigenvalue weighted by molar-refractivity contribution is -0.198. The summed E-state index contributed by atoms with van der Waals surface area (Å²) in [4.78, 5) is 41.8. The first-order valence-electron chi connectivity index (χ1n) is 13.2. The standard InChI is InChI=1S/C29H28N6O7/c1-29(2)41-23-21(40-27(24(23)42-29)35-15-34-22-25(30)32-14-33-26(22)35)13-39-17-10-16(11-31-12-17)8-9-20(36)18-6-4-5-7-19(18)28(37)38-3/h4-12,14-15,21,23-24,27H,13H2,1-3H3,(H2,30,32,33)/b9-8+/t21-,23-,24-,27-/m1/s1. The number of carbonyl (C=O) groups excluding carboxylic acids is 2. The number of imidazole rings is 1. The summed E-state index contributed by atoms with van der Waals surface area (Å²) in [5, 5.41) is 0. The number of rotatable bonds is 8. The first-order chi connectivity index (χ1) is 20.2. The summed E-state index contributed by atoms with van der Waals surface area (Å²) >= 11 is 0. The molecule has 4 atom stereocenters. The fourth-order valence-electron chi connectivity index (χ4n) is 5.11. The van der Waals surface area contributed by atoms with E-state index in [4.69, 9.17) is 29.4 Å². The third-order valence-corrected chi connectivity index (χ3v) is 6.96. The van der Waals surface area contributed by atoms with Crippen LogP contribution in [0.1, 0.15) is 46.4 Å².